The molecule has 1 amide bonds. The van der Waals surface area contributed by atoms with E-state index in [1.165, 1.54) is 16.7 Å². The summed E-state index contributed by atoms with van der Waals surface area (Å²) in [4.78, 5) is 12.2. The minimum Gasteiger partial charge on any atom is -0.483 e. The number of hydrogen-bond acceptors (Lipinski definition) is 2. The Hall–Kier alpha value is -2.29. The zero-order valence-corrected chi connectivity index (χ0v) is 15.5. The maximum Gasteiger partial charge on any atom is 0.258 e. The number of hydrogen-bond donors (Lipinski definition) is 1. The molecule has 0 aliphatic carbocycles. The molecule has 0 spiro atoms. The van der Waals surface area contributed by atoms with Gasteiger partial charge in [-0.1, -0.05) is 24.3 Å². The first-order valence-electron chi connectivity index (χ1n) is 8.35. The summed E-state index contributed by atoms with van der Waals surface area (Å²) in [5.74, 6) is 0.667. The molecule has 0 heterocycles. The molecule has 1 atom stereocenters. The van der Waals surface area contributed by atoms with Crippen LogP contribution in [0.3, 0.4) is 0 Å². The summed E-state index contributed by atoms with van der Waals surface area (Å²) in [7, 11) is 0. The summed E-state index contributed by atoms with van der Waals surface area (Å²) in [6.45, 7) is 12.3. The summed E-state index contributed by atoms with van der Waals surface area (Å²) in [6.07, 6.45) is 0. The molecule has 0 unspecified atom stereocenters. The van der Waals surface area contributed by atoms with Crippen molar-refractivity contribution in [2.75, 3.05) is 6.61 Å². The Morgan fingerprint density at radius 2 is 1.71 bits per heavy atom. The molecule has 2 rings (SSSR count). The van der Waals surface area contributed by atoms with Gasteiger partial charge in [-0.2, -0.15) is 0 Å². The molecule has 1 N–H and O–H groups in total. The third kappa shape index (κ3) is 4.38. The molecule has 2 aromatic carbocycles. The Morgan fingerprint density at radius 3 is 2.38 bits per heavy atom. The first-order valence-corrected chi connectivity index (χ1v) is 8.35. The van der Waals surface area contributed by atoms with Crippen molar-refractivity contribution >= 4 is 5.91 Å². The first kappa shape index (κ1) is 18.1. The van der Waals surface area contributed by atoms with Crippen molar-refractivity contribution in [3.63, 3.8) is 0 Å². The average molecular weight is 325 g/mol. The van der Waals surface area contributed by atoms with E-state index in [0.29, 0.717) is 0 Å². The Bertz CT molecular complexity index is 750. The van der Waals surface area contributed by atoms with Gasteiger partial charge in [0.25, 0.3) is 5.91 Å². The predicted octanol–water partition coefficient (Wildman–Crippen LogP) is 4.48. The number of carbonyl (C=O) groups is 1. The number of aryl methyl sites for hydroxylation is 4. The molecular formula is C21H27NO2. The van der Waals surface area contributed by atoms with E-state index >= 15 is 0 Å². The molecule has 3 heteroatoms. The van der Waals surface area contributed by atoms with Gasteiger partial charge in [-0.05, 0) is 81.0 Å². The van der Waals surface area contributed by atoms with E-state index in [-0.39, 0.29) is 18.6 Å². The van der Waals surface area contributed by atoms with Crippen molar-refractivity contribution in [3.05, 3.63) is 63.7 Å². The number of benzene rings is 2. The zero-order valence-electron chi connectivity index (χ0n) is 15.5. The highest BCUT2D eigenvalue weighted by Crippen LogP contribution is 2.23. The number of rotatable bonds is 5. The van der Waals surface area contributed by atoms with Gasteiger partial charge in [-0.3, -0.25) is 4.79 Å². The first-order chi connectivity index (χ1) is 11.3. The molecule has 0 saturated carbocycles. The molecule has 2 aromatic rings. The lowest BCUT2D eigenvalue weighted by Gasteiger charge is -2.17. The maximum atomic E-state index is 12.2. The van der Waals surface area contributed by atoms with Crippen molar-refractivity contribution < 1.29 is 9.53 Å². The molecule has 0 aromatic heterocycles. The van der Waals surface area contributed by atoms with Crippen LogP contribution in [0.2, 0.25) is 0 Å². The lowest BCUT2D eigenvalue weighted by molar-refractivity contribution is -0.123. The van der Waals surface area contributed by atoms with Crippen LogP contribution in [0.4, 0.5) is 0 Å². The van der Waals surface area contributed by atoms with Crippen LogP contribution in [0.5, 0.6) is 5.75 Å². The van der Waals surface area contributed by atoms with Gasteiger partial charge < -0.3 is 10.1 Å². The summed E-state index contributed by atoms with van der Waals surface area (Å²) < 4.78 is 5.73. The fraction of sp³-hybridized carbons (Fsp3) is 0.381. The molecule has 3 nitrogen and oxygen atoms in total. The molecule has 0 radical (unpaired) electrons. The average Bonchev–Trinajstić information content (AvgIpc) is 2.52. The summed E-state index contributed by atoms with van der Waals surface area (Å²) in [5.41, 5.74) is 6.98. The second-order valence-corrected chi connectivity index (χ2v) is 6.63. The van der Waals surface area contributed by atoms with Gasteiger partial charge in [0, 0.05) is 0 Å². The molecule has 128 valence electrons. The highest BCUT2D eigenvalue weighted by atomic mass is 16.5. The zero-order chi connectivity index (χ0) is 17.9. The Kier molecular flexibility index (Phi) is 5.66. The van der Waals surface area contributed by atoms with Crippen LogP contribution in [0, 0.1) is 34.6 Å². The van der Waals surface area contributed by atoms with Crippen LogP contribution in [-0.2, 0) is 4.79 Å². The van der Waals surface area contributed by atoms with Gasteiger partial charge >= 0.3 is 0 Å². The monoisotopic (exact) mass is 325 g/mol. The lowest BCUT2D eigenvalue weighted by Crippen LogP contribution is -2.31. The highest BCUT2D eigenvalue weighted by molar-refractivity contribution is 5.78. The topological polar surface area (TPSA) is 38.3 Å². The van der Waals surface area contributed by atoms with Gasteiger partial charge in [0.15, 0.2) is 6.61 Å². The van der Waals surface area contributed by atoms with E-state index in [2.05, 4.69) is 50.4 Å². The molecular weight excluding hydrogens is 298 g/mol. The fourth-order valence-corrected chi connectivity index (χ4v) is 2.69. The normalized spacial score (nSPS) is 11.9. The van der Waals surface area contributed by atoms with Crippen molar-refractivity contribution in [2.24, 2.45) is 0 Å². The fourth-order valence-electron chi connectivity index (χ4n) is 2.69. The minimum atomic E-state index is -0.112. The van der Waals surface area contributed by atoms with E-state index in [1.807, 2.05) is 26.8 Å². The summed E-state index contributed by atoms with van der Waals surface area (Å²) >= 11 is 0. The molecule has 0 bridgehead atoms. The van der Waals surface area contributed by atoms with Crippen molar-refractivity contribution in [1.29, 1.82) is 0 Å². The quantitative estimate of drug-likeness (QED) is 0.880. The summed E-state index contributed by atoms with van der Waals surface area (Å²) in [5, 5.41) is 3.00. The van der Waals surface area contributed by atoms with Crippen LogP contribution in [0.25, 0.3) is 0 Å². The number of carbonyl (C=O) groups excluding carboxylic acids is 1. The van der Waals surface area contributed by atoms with Crippen LogP contribution in [-0.4, -0.2) is 12.5 Å². The smallest absolute Gasteiger partial charge is 0.258 e. The highest BCUT2D eigenvalue weighted by Gasteiger charge is 2.12. The lowest BCUT2D eigenvalue weighted by atomic mass is 10.0. The molecule has 0 fully saturated rings. The second-order valence-electron chi connectivity index (χ2n) is 6.63. The predicted molar refractivity (Wildman–Crippen MR) is 98.6 cm³/mol. The summed E-state index contributed by atoms with van der Waals surface area (Å²) in [6, 6.07) is 10.3. The van der Waals surface area contributed by atoms with Crippen LogP contribution in [0.15, 0.2) is 30.3 Å². The van der Waals surface area contributed by atoms with E-state index in [9.17, 15) is 4.79 Å². The van der Waals surface area contributed by atoms with E-state index < -0.39 is 0 Å². The van der Waals surface area contributed by atoms with Crippen LogP contribution < -0.4 is 10.1 Å². The number of nitrogens with one attached hydrogen (secondary N) is 1. The van der Waals surface area contributed by atoms with Gasteiger partial charge in [0.1, 0.15) is 5.75 Å². The second kappa shape index (κ2) is 7.52. The van der Waals surface area contributed by atoms with Gasteiger partial charge in [-0.25, -0.2) is 0 Å². The van der Waals surface area contributed by atoms with Crippen molar-refractivity contribution in [2.45, 2.75) is 47.6 Å². The van der Waals surface area contributed by atoms with Gasteiger partial charge in [0.05, 0.1) is 6.04 Å². The van der Waals surface area contributed by atoms with Crippen molar-refractivity contribution in [1.82, 2.24) is 5.32 Å². The molecule has 0 aliphatic rings. The van der Waals surface area contributed by atoms with E-state index in [0.717, 1.165) is 22.4 Å². The Balaban J connectivity index is 1.97. The minimum absolute atomic E-state index is 0.0267. The number of ether oxygens (including phenoxy) is 1. The largest absolute Gasteiger partial charge is 0.483 e. The molecule has 24 heavy (non-hydrogen) atoms. The van der Waals surface area contributed by atoms with Crippen LogP contribution >= 0.6 is 0 Å². The number of amides is 1. The Labute approximate surface area is 145 Å². The van der Waals surface area contributed by atoms with Crippen molar-refractivity contribution in [3.8, 4) is 5.75 Å². The standard InChI is InChI=1S/C21H27NO2/c1-13-9-16(4)17(5)20(10-13)24-12-21(23)22-18(6)19-8-7-14(2)15(3)11-19/h7-11,18H,12H2,1-6H3,(H,22,23)/t18-/m1/s1. The maximum absolute atomic E-state index is 12.2. The third-order valence-corrected chi connectivity index (χ3v) is 4.53. The van der Waals surface area contributed by atoms with Gasteiger partial charge in [-0.15, -0.1) is 0 Å². The molecule has 0 saturated heterocycles. The van der Waals surface area contributed by atoms with Crippen LogP contribution in [0.1, 0.15) is 46.3 Å². The Morgan fingerprint density at radius 1 is 1.00 bits per heavy atom. The molecule has 0 aliphatic heterocycles. The third-order valence-electron chi connectivity index (χ3n) is 4.53. The van der Waals surface area contributed by atoms with E-state index in [1.54, 1.807) is 0 Å². The van der Waals surface area contributed by atoms with E-state index in [4.69, 9.17) is 4.74 Å². The van der Waals surface area contributed by atoms with Gasteiger partial charge in [0.2, 0.25) is 0 Å². The SMILES string of the molecule is Cc1cc(C)c(C)c(OCC(=O)N[C@H](C)c2ccc(C)c(C)c2)c1.